The summed E-state index contributed by atoms with van der Waals surface area (Å²) in [6.07, 6.45) is 3.12. The molecule has 0 spiro atoms. The Balaban J connectivity index is 3.50. The van der Waals surface area contributed by atoms with E-state index in [1.54, 1.807) is 7.11 Å². The largest absolute Gasteiger partial charge is 0.469 e. The molecule has 18 heavy (non-hydrogen) atoms. The Labute approximate surface area is 109 Å². The molecule has 0 aliphatic rings. The second-order valence-electron chi connectivity index (χ2n) is 3.95. The van der Waals surface area contributed by atoms with Crippen LogP contribution in [0.25, 0.3) is 0 Å². The third-order valence-corrected chi connectivity index (χ3v) is 3.84. The van der Waals surface area contributed by atoms with Gasteiger partial charge in [0.15, 0.2) is 0 Å². The fourth-order valence-electron chi connectivity index (χ4n) is 1.37. The van der Waals surface area contributed by atoms with E-state index in [4.69, 9.17) is 4.74 Å². The molecule has 0 atom stereocenters. The number of rotatable bonds is 11. The first-order valence-corrected chi connectivity index (χ1v) is 7.70. The van der Waals surface area contributed by atoms with Gasteiger partial charge in [0.2, 0.25) is 10.0 Å². The third-order valence-electron chi connectivity index (χ3n) is 2.37. The maximum Gasteiger partial charge on any atom is 0.305 e. The predicted molar refractivity (Wildman–Crippen MR) is 68.8 cm³/mol. The zero-order valence-electron chi connectivity index (χ0n) is 11.1. The summed E-state index contributed by atoms with van der Waals surface area (Å²) in [5.41, 5.74) is 0. The van der Waals surface area contributed by atoms with E-state index in [2.05, 4.69) is 9.46 Å². The molecule has 0 saturated carbocycles. The Morgan fingerprint density at radius 2 is 1.83 bits per heavy atom. The van der Waals surface area contributed by atoms with Crippen molar-refractivity contribution in [3.63, 3.8) is 0 Å². The van der Waals surface area contributed by atoms with Crippen molar-refractivity contribution >= 4 is 16.0 Å². The number of hydrogen-bond donors (Lipinski definition) is 1. The standard InChI is InChI=1S/C11H23NO5S/c1-16-9-6-10-18(14,15)12-8-5-3-4-7-11(13)17-2/h12H,3-10H2,1-2H3. The van der Waals surface area contributed by atoms with Gasteiger partial charge in [-0.05, 0) is 19.3 Å². The topological polar surface area (TPSA) is 81.7 Å². The first kappa shape index (κ1) is 17.3. The van der Waals surface area contributed by atoms with Gasteiger partial charge in [0.1, 0.15) is 0 Å². The highest BCUT2D eigenvalue weighted by atomic mass is 32.2. The van der Waals surface area contributed by atoms with Crippen molar-refractivity contribution in [2.75, 3.05) is 33.1 Å². The summed E-state index contributed by atoms with van der Waals surface area (Å²) in [6, 6.07) is 0. The maximum absolute atomic E-state index is 11.5. The molecule has 0 aromatic rings. The molecule has 0 aromatic carbocycles. The van der Waals surface area contributed by atoms with Gasteiger partial charge in [0.05, 0.1) is 12.9 Å². The summed E-state index contributed by atoms with van der Waals surface area (Å²) in [5.74, 6) is -0.140. The van der Waals surface area contributed by atoms with E-state index in [1.165, 1.54) is 7.11 Å². The van der Waals surface area contributed by atoms with E-state index in [-0.39, 0.29) is 11.7 Å². The minimum absolute atomic E-state index is 0.0863. The summed E-state index contributed by atoms with van der Waals surface area (Å²) < 4.78 is 34.7. The van der Waals surface area contributed by atoms with Gasteiger partial charge in [-0.1, -0.05) is 6.42 Å². The lowest BCUT2D eigenvalue weighted by Gasteiger charge is -2.06. The van der Waals surface area contributed by atoms with Crippen molar-refractivity contribution in [3.8, 4) is 0 Å². The Morgan fingerprint density at radius 3 is 2.44 bits per heavy atom. The first-order valence-electron chi connectivity index (χ1n) is 6.05. The molecule has 0 radical (unpaired) electrons. The van der Waals surface area contributed by atoms with E-state index in [9.17, 15) is 13.2 Å². The van der Waals surface area contributed by atoms with Crippen LogP contribution in [-0.2, 0) is 24.3 Å². The van der Waals surface area contributed by atoms with E-state index < -0.39 is 10.0 Å². The average molecular weight is 281 g/mol. The summed E-state index contributed by atoms with van der Waals surface area (Å²) in [4.78, 5) is 10.8. The van der Waals surface area contributed by atoms with Crippen molar-refractivity contribution in [1.82, 2.24) is 4.72 Å². The van der Waals surface area contributed by atoms with E-state index in [0.29, 0.717) is 26.0 Å². The Hall–Kier alpha value is -0.660. The molecule has 0 aliphatic carbocycles. The quantitative estimate of drug-likeness (QED) is 0.445. The molecule has 108 valence electrons. The fraction of sp³-hybridized carbons (Fsp3) is 0.909. The minimum Gasteiger partial charge on any atom is -0.469 e. The predicted octanol–water partition coefficient (Wildman–Crippen LogP) is 0.676. The van der Waals surface area contributed by atoms with Crippen LogP contribution in [0, 0.1) is 0 Å². The van der Waals surface area contributed by atoms with Crippen LogP contribution < -0.4 is 4.72 Å². The number of methoxy groups -OCH3 is 2. The highest BCUT2D eigenvalue weighted by Crippen LogP contribution is 2.00. The van der Waals surface area contributed by atoms with Crippen molar-refractivity contribution in [2.45, 2.75) is 32.1 Å². The summed E-state index contributed by atoms with van der Waals surface area (Å²) in [7, 11) is -0.283. The molecule has 0 aliphatic heterocycles. The lowest BCUT2D eigenvalue weighted by Crippen LogP contribution is -2.27. The van der Waals surface area contributed by atoms with Gasteiger partial charge in [0.25, 0.3) is 0 Å². The van der Waals surface area contributed by atoms with Crippen LogP contribution in [0.5, 0.6) is 0 Å². The highest BCUT2D eigenvalue weighted by Gasteiger charge is 2.08. The molecule has 0 amide bonds. The highest BCUT2D eigenvalue weighted by molar-refractivity contribution is 7.89. The molecule has 1 N–H and O–H groups in total. The Bertz CT molecular complexity index is 315. The summed E-state index contributed by atoms with van der Waals surface area (Å²) >= 11 is 0. The molecular weight excluding hydrogens is 258 g/mol. The minimum atomic E-state index is -3.18. The fourth-order valence-corrected chi connectivity index (χ4v) is 2.46. The van der Waals surface area contributed by atoms with Crippen LogP contribution >= 0.6 is 0 Å². The van der Waals surface area contributed by atoms with Gasteiger partial charge in [0, 0.05) is 26.7 Å². The molecular formula is C11H23NO5S. The van der Waals surface area contributed by atoms with Crippen LogP contribution in [0.3, 0.4) is 0 Å². The molecule has 0 rings (SSSR count). The lowest BCUT2D eigenvalue weighted by atomic mass is 10.2. The molecule has 0 unspecified atom stereocenters. The zero-order valence-corrected chi connectivity index (χ0v) is 11.9. The molecule has 0 heterocycles. The number of unbranched alkanes of at least 4 members (excludes halogenated alkanes) is 2. The number of nitrogens with one attached hydrogen (secondary N) is 1. The van der Waals surface area contributed by atoms with E-state index in [1.807, 2.05) is 0 Å². The molecule has 0 fully saturated rings. The Morgan fingerprint density at radius 1 is 1.11 bits per heavy atom. The normalized spacial score (nSPS) is 11.4. The first-order chi connectivity index (χ1) is 8.52. The van der Waals surface area contributed by atoms with E-state index >= 15 is 0 Å². The van der Waals surface area contributed by atoms with Crippen LogP contribution in [0.4, 0.5) is 0 Å². The monoisotopic (exact) mass is 281 g/mol. The molecule has 7 heteroatoms. The molecule has 6 nitrogen and oxygen atoms in total. The smallest absolute Gasteiger partial charge is 0.305 e. The number of esters is 1. The van der Waals surface area contributed by atoms with Gasteiger partial charge in [-0.3, -0.25) is 4.79 Å². The Kier molecular flexibility index (Phi) is 9.90. The van der Waals surface area contributed by atoms with Crippen LogP contribution in [0.1, 0.15) is 32.1 Å². The number of sulfonamides is 1. The number of carbonyl (C=O) groups excluding carboxylic acids is 1. The lowest BCUT2D eigenvalue weighted by molar-refractivity contribution is -0.140. The maximum atomic E-state index is 11.5. The molecule has 0 bridgehead atoms. The second kappa shape index (κ2) is 10.3. The summed E-state index contributed by atoms with van der Waals surface area (Å²) in [5, 5.41) is 0. The van der Waals surface area contributed by atoms with Crippen LogP contribution in [0.2, 0.25) is 0 Å². The zero-order chi connectivity index (χ0) is 13.9. The van der Waals surface area contributed by atoms with Crippen molar-refractivity contribution in [1.29, 1.82) is 0 Å². The number of hydrogen-bond acceptors (Lipinski definition) is 5. The summed E-state index contributed by atoms with van der Waals surface area (Å²) in [6.45, 7) is 0.858. The molecule has 0 saturated heterocycles. The average Bonchev–Trinajstić information content (AvgIpc) is 2.33. The van der Waals surface area contributed by atoms with Gasteiger partial charge in [-0.25, -0.2) is 13.1 Å². The van der Waals surface area contributed by atoms with Crippen molar-refractivity contribution in [2.24, 2.45) is 0 Å². The molecule has 0 aromatic heterocycles. The van der Waals surface area contributed by atoms with Crippen molar-refractivity contribution in [3.05, 3.63) is 0 Å². The van der Waals surface area contributed by atoms with Gasteiger partial charge >= 0.3 is 5.97 Å². The van der Waals surface area contributed by atoms with E-state index in [0.717, 1.165) is 19.3 Å². The van der Waals surface area contributed by atoms with Gasteiger partial charge in [-0.15, -0.1) is 0 Å². The van der Waals surface area contributed by atoms with Gasteiger partial charge in [-0.2, -0.15) is 0 Å². The SMILES string of the molecule is COCCCS(=O)(=O)NCCCCCC(=O)OC. The number of ether oxygens (including phenoxy) is 2. The number of carbonyl (C=O) groups is 1. The van der Waals surface area contributed by atoms with Crippen molar-refractivity contribution < 1.29 is 22.7 Å². The second-order valence-corrected chi connectivity index (χ2v) is 5.87. The van der Waals surface area contributed by atoms with Gasteiger partial charge < -0.3 is 9.47 Å². The van der Waals surface area contributed by atoms with Crippen LogP contribution in [0.15, 0.2) is 0 Å². The van der Waals surface area contributed by atoms with Crippen LogP contribution in [-0.4, -0.2) is 47.5 Å². The third kappa shape index (κ3) is 10.5.